The number of carbonyl (C=O) groups excluding carboxylic acids is 1. The van der Waals surface area contributed by atoms with E-state index in [-0.39, 0.29) is 11.9 Å². The minimum atomic E-state index is -0.468. The number of carbonyl (C=O) groups is 1. The lowest BCUT2D eigenvalue weighted by molar-refractivity contribution is -0.127. The van der Waals surface area contributed by atoms with Crippen molar-refractivity contribution in [3.8, 4) is 5.75 Å². The summed E-state index contributed by atoms with van der Waals surface area (Å²) in [7, 11) is 0. The van der Waals surface area contributed by atoms with Crippen molar-refractivity contribution in [2.45, 2.75) is 31.9 Å². The first-order valence-electron chi connectivity index (χ1n) is 8.91. The zero-order valence-electron chi connectivity index (χ0n) is 14.6. The zero-order valence-corrected chi connectivity index (χ0v) is 15.5. The van der Waals surface area contributed by atoms with E-state index in [9.17, 15) is 4.79 Å². The molecule has 1 aliphatic rings. The summed E-state index contributed by atoms with van der Waals surface area (Å²) in [5.41, 5.74) is 3.47. The molecule has 2 atom stereocenters. The molecule has 0 fully saturated rings. The summed E-state index contributed by atoms with van der Waals surface area (Å²) in [5.74, 6) is 0.742. The molecule has 4 rings (SSSR count). The van der Waals surface area contributed by atoms with E-state index in [4.69, 9.17) is 4.74 Å². The molecule has 0 saturated heterocycles. The van der Waals surface area contributed by atoms with E-state index in [1.165, 1.54) is 5.56 Å². The van der Waals surface area contributed by atoms with Crippen LogP contribution in [0.4, 0.5) is 0 Å². The first-order valence-corrected chi connectivity index (χ1v) is 9.79. The van der Waals surface area contributed by atoms with E-state index < -0.39 is 6.10 Å². The Balaban J connectivity index is 1.54. The van der Waals surface area contributed by atoms with Gasteiger partial charge in [0, 0.05) is 11.3 Å². The number of aryl methyl sites for hydroxylation is 1. The molecule has 0 aliphatic carbocycles. The number of para-hydroxylation sites is 1. The normalized spacial score (nSPS) is 16.6. The van der Waals surface area contributed by atoms with Gasteiger partial charge in [-0.05, 0) is 40.6 Å². The van der Waals surface area contributed by atoms with E-state index in [0.29, 0.717) is 6.42 Å². The SMILES string of the molecule is CCc1ccc(C(NC(=O)C2Cc3ccccc3O2)c2cccs2)cc1. The lowest BCUT2D eigenvalue weighted by atomic mass is 10.0. The Bertz CT molecular complexity index is 862. The summed E-state index contributed by atoms with van der Waals surface area (Å²) in [6.07, 6.45) is 1.16. The number of rotatable bonds is 5. The Labute approximate surface area is 157 Å². The number of hydrogen-bond donors (Lipinski definition) is 1. The number of ether oxygens (including phenoxy) is 1. The lowest BCUT2D eigenvalue weighted by Gasteiger charge is -2.20. The monoisotopic (exact) mass is 363 g/mol. The van der Waals surface area contributed by atoms with Gasteiger partial charge in [0.2, 0.25) is 0 Å². The predicted molar refractivity (Wildman–Crippen MR) is 105 cm³/mol. The Kier molecular flexibility index (Phi) is 4.76. The van der Waals surface area contributed by atoms with E-state index in [1.54, 1.807) is 11.3 Å². The summed E-state index contributed by atoms with van der Waals surface area (Å²) in [4.78, 5) is 14.0. The minimum Gasteiger partial charge on any atom is -0.480 e. The van der Waals surface area contributed by atoms with Crippen LogP contribution in [0.3, 0.4) is 0 Å². The van der Waals surface area contributed by atoms with Crippen molar-refractivity contribution in [1.29, 1.82) is 0 Å². The van der Waals surface area contributed by atoms with Crippen LogP contribution in [-0.2, 0) is 17.6 Å². The van der Waals surface area contributed by atoms with Crippen molar-refractivity contribution in [2.24, 2.45) is 0 Å². The van der Waals surface area contributed by atoms with Crippen LogP contribution < -0.4 is 10.1 Å². The summed E-state index contributed by atoms with van der Waals surface area (Å²) in [5, 5.41) is 5.23. The maximum Gasteiger partial charge on any atom is 0.262 e. The van der Waals surface area contributed by atoms with Crippen molar-refractivity contribution >= 4 is 17.2 Å². The van der Waals surface area contributed by atoms with Gasteiger partial charge in [-0.3, -0.25) is 4.79 Å². The van der Waals surface area contributed by atoms with Crippen molar-refractivity contribution in [2.75, 3.05) is 0 Å². The Morgan fingerprint density at radius 2 is 1.96 bits per heavy atom. The van der Waals surface area contributed by atoms with Crippen LogP contribution in [0, 0.1) is 0 Å². The number of thiophene rings is 1. The molecule has 2 heterocycles. The van der Waals surface area contributed by atoms with Crippen LogP contribution in [0.5, 0.6) is 5.75 Å². The highest BCUT2D eigenvalue weighted by atomic mass is 32.1. The molecule has 132 valence electrons. The fourth-order valence-corrected chi connectivity index (χ4v) is 4.09. The smallest absolute Gasteiger partial charge is 0.262 e. The molecule has 2 aromatic carbocycles. The van der Waals surface area contributed by atoms with Crippen molar-refractivity contribution in [3.63, 3.8) is 0 Å². The predicted octanol–water partition coefficient (Wildman–Crippen LogP) is 4.52. The first kappa shape index (κ1) is 16.9. The van der Waals surface area contributed by atoms with Crippen molar-refractivity contribution < 1.29 is 9.53 Å². The van der Waals surface area contributed by atoms with Gasteiger partial charge in [0.15, 0.2) is 6.10 Å². The molecule has 0 saturated carbocycles. The Morgan fingerprint density at radius 3 is 2.65 bits per heavy atom. The molecule has 26 heavy (non-hydrogen) atoms. The second-order valence-corrected chi connectivity index (χ2v) is 7.45. The van der Waals surface area contributed by atoms with Gasteiger partial charge in [0.05, 0.1) is 6.04 Å². The van der Waals surface area contributed by atoms with Gasteiger partial charge in [-0.2, -0.15) is 0 Å². The second-order valence-electron chi connectivity index (χ2n) is 6.47. The van der Waals surface area contributed by atoms with E-state index in [2.05, 4.69) is 42.6 Å². The molecule has 1 N–H and O–H groups in total. The van der Waals surface area contributed by atoms with E-state index in [1.807, 2.05) is 35.7 Å². The van der Waals surface area contributed by atoms with Crippen LogP contribution >= 0.6 is 11.3 Å². The van der Waals surface area contributed by atoms with Crippen LogP contribution in [-0.4, -0.2) is 12.0 Å². The van der Waals surface area contributed by atoms with Crippen LogP contribution in [0.2, 0.25) is 0 Å². The number of nitrogens with one attached hydrogen (secondary N) is 1. The largest absolute Gasteiger partial charge is 0.480 e. The highest BCUT2D eigenvalue weighted by Gasteiger charge is 2.31. The average Bonchev–Trinajstić information content (AvgIpc) is 3.35. The summed E-state index contributed by atoms with van der Waals surface area (Å²) in [6, 6.07) is 20.2. The molecule has 1 aliphatic heterocycles. The molecule has 1 amide bonds. The van der Waals surface area contributed by atoms with Crippen LogP contribution in [0.1, 0.15) is 34.5 Å². The first-order chi connectivity index (χ1) is 12.7. The van der Waals surface area contributed by atoms with Crippen LogP contribution in [0.25, 0.3) is 0 Å². The van der Waals surface area contributed by atoms with E-state index >= 15 is 0 Å². The van der Waals surface area contributed by atoms with Crippen molar-refractivity contribution in [3.05, 3.63) is 87.6 Å². The molecule has 0 radical (unpaired) electrons. The maximum absolute atomic E-state index is 12.9. The van der Waals surface area contributed by atoms with Gasteiger partial charge in [0.25, 0.3) is 5.91 Å². The molecule has 0 bridgehead atoms. The molecule has 2 unspecified atom stereocenters. The van der Waals surface area contributed by atoms with Gasteiger partial charge in [-0.15, -0.1) is 11.3 Å². The van der Waals surface area contributed by atoms with Gasteiger partial charge < -0.3 is 10.1 Å². The van der Waals surface area contributed by atoms with Crippen molar-refractivity contribution in [1.82, 2.24) is 5.32 Å². The summed E-state index contributed by atoms with van der Waals surface area (Å²) < 4.78 is 5.85. The summed E-state index contributed by atoms with van der Waals surface area (Å²) in [6.45, 7) is 2.14. The zero-order chi connectivity index (χ0) is 17.9. The molecular weight excluding hydrogens is 342 g/mol. The molecule has 3 nitrogen and oxygen atoms in total. The average molecular weight is 363 g/mol. The van der Waals surface area contributed by atoms with Crippen LogP contribution in [0.15, 0.2) is 66.0 Å². The third-order valence-corrected chi connectivity index (χ3v) is 5.71. The number of hydrogen-bond acceptors (Lipinski definition) is 3. The molecule has 4 heteroatoms. The highest BCUT2D eigenvalue weighted by molar-refractivity contribution is 7.10. The number of amides is 1. The standard InChI is InChI=1S/C22H21NO2S/c1-2-15-9-11-16(12-10-15)21(20-8-5-13-26-20)23-22(24)19-14-17-6-3-4-7-18(17)25-19/h3-13,19,21H,2,14H2,1H3,(H,23,24). The third-order valence-electron chi connectivity index (χ3n) is 4.78. The van der Waals surface area contributed by atoms with Gasteiger partial charge >= 0.3 is 0 Å². The lowest BCUT2D eigenvalue weighted by Crippen LogP contribution is -2.39. The fourth-order valence-electron chi connectivity index (χ4n) is 3.28. The Hall–Kier alpha value is -2.59. The number of benzene rings is 2. The number of fused-ring (bicyclic) bond motifs is 1. The highest BCUT2D eigenvalue weighted by Crippen LogP contribution is 2.30. The second kappa shape index (κ2) is 7.34. The molecule has 3 aromatic rings. The third kappa shape index (κ3) is 3.37. The maximum atomic E-state index is 12.9. The molecule has 0 spiro atoms. The molecule has 1 aromatic heterocycles. The molecular formula is C22H21NO2S. The van der Waals surface area contributed by atoms with Gasteiger partial charge in [-0.1, -0.05) is 55.5 Å². The minimum absolute atomic E-state index is 0.0702. The quantitative estimate of drug-likeness (QED) is 0.724. The van der Waals surface area contributed by atoms with E-state index in [0.717, 1.165) is 28.2 Å². The Morgan fingerprint density at radius 1 is 1.15 bits per heavy atom. The van der Waals surface area contributed by atoms with Gasteiger partial charge in [0.1, 0.15) is 5.75 Å². The topological polar surface area (TPSA) is 38.3 Å². The fraction of sp³-hybridized carbons (Fsp3) is 0.227. The summed E-state index contributed by atoms with van der Waals surface area (Å²) >= 11 is 1.65. The van der Waals surface area contributed by atoms with Gasteiger partial charge in [-0.25, -0.2) is 0 Å².